The summed E-state index contributed by atoms with van der Waals surface area (Å²) in [6.07, 6.45) is 5.78. The summed E-state index contributed by atoms with van der Waals surface area (Å²) in [5.41, 5.74) is 2.60. The van der Waals surface area contributed by atoms with Crippen LogP contribution >= 0.6 is 11.3 Å². The Hall–Kier alpha value is -2.36. The number of rotatable bonds is 8. The second-order valence-corrected chi connectivity index (χ2v) is 9.51. The number of anilines is 1. The third-order valence-corrected chi connectivity index (χ3v) is 7.40. The highest BCUT2D eigenvalue weighted by Crippen LogP contribution is 2.33. The van der Waals surface area contributed by atoms with E-state index in [2.05, 4.69) is 41.2 Å². The predicted octanol–water partition coefficient (Wildman–Crippen LogP) is 5.92. The van der Waals surface area contributed by atoms with Gasteiger partial charge in [-0.15, -0.1) is 11.3 Å². The number of piperidine rings is 1. The molecule has 0 bridgehead atoms. The van der Waals surface area contributed by atoms with Gasteiger partial charge >= 0.3 is 0 Å². The van der Waals surface area contributed by atoms with Crippen molar-refractivity contribution in [3.05, 3.63) is 45.6 Å². The van der Waals surface area contributed by atoms with Gasteiger partial charge in [-0.1, -0.05) is 19.1 Å². The van der Waals surface area contributed by atoms with Gasteiger partial charge in [0.25, 0.3) is 6.01 Å². The molecule has 1 aliphatic heterocycles. The molecule has 1 aliphatic rings. The van der Waals surface area contributed by atoms with E-state index in [0.29, 0.717) is 18.0 Å². The minimum Gasteiger partial charge on any atom is -0.424 e. The molecule has 30 heavy (non-hydrogen) atoms. The number of aromatic nitrogens is 1. The Morgan fingerprint density at radius 2 is 2.13 bits per heavy atom. The molecule has 158 valence electrons. The zero-order valence-electron chi connectivity index (χ0n) is 17.9. The first kappa shape index (κ1) is 20.9. The van der Waals surface area contributed by atoms with Crippen LogP contribution in [0.2, 0.25) is 0 Å². The van der Waals surface area contributed by atoms with Gasteiger partial charge in [0.05, 0.1) is 5.56 Å². The number of likely N-dealkylation sites (tertiary alicyclic amines) is 1. The number of thiophene rings is 1. The molecule has 6 heteroatoms. The van der Waals surface area contributed by atoms with Crippen LogP contribution in [0, 0.1) is 18.3 Å². The van der Waals surface area contributed by atoms with E-state index >= 15 is 0 Å². The third-order valence-electron chi connectivity index (χ3n) is 6.19. The number of fused-ring (bicyclic) bond motifs is 1. The van der Waals surface area contributed by atoms with E-state index in [1.54, 1.807) is 11.3 Å². The average Bonchev–Trinajstić information content (AvgIpc) is 3.34. The molecule has 0 spiro atoms. The fourth-order valence-electron chi connectivity index (χ4n) is 4.34. The molecule has 1 saturated heterocycles. The highest BCUT2D eigenvalue weighted by Gasteiger charge is 2.21. The summed E-state index contributed by atoms with van der Waals surface area (Å²) in [6, 6.07) is 13.4. The van der Waals surface area contributed by atoms with Crippen LogP contribution in [0.25, 0.3) is 11.1 Å². The van der Waals surface area contributed by atoms with Crippen LogP contribution in [-0.4, -0.2) is 35.6 Å². The van der Waals surface area contributed by atoms with E-state index in [4.69, 9.17) is 4.42 Å². The molecule has 0 aliphatic carbocycles. The van der Waals surface area contributed by atoms with Gasteiger partial charge in [-0.2, -0.15) is 10.2 Å². The van der Waals surface area contributed by atoms with E-state index in [0.717, 1.165) is 60.4 Å². The van der Waals surface area contributed by atoms with Crippen LogP contribution in [0.1, 0.15) is 60.3 Å². The molecular weight excluding hydrogens is 392 g/mol. The number of nitriles is 1. The Bertz CT molecular complexity index is 977. The monoisotopic (exact) mass is 422 g/mol. The van der Waals surface area contributed by atoms with Crippen molar-refractivity contribution in [3.63, 3.8) is 0 Å². The van der Waals surface area contributed by atoms with Crippen LogP contribution in [0.5, 0.6) is 0 Å². The molecule has 4 rings (SSSR count). The summed E-state index contributed by atoms with van der Waals surface area (Å²) in [5.74, 6) is 0.578. The summed E-state index contributed by atoms with van der Waals surface area (Å²) in [4.78, 5) is 9.65. The molecule has 2 aromatic heterocycles. The SMILES string of the molecule is CCC(CCCN1CCC(Nc2nc3ccccc3o2)CC1)c1cc(C#N)c(C)s1. The van der Waals surface area contributed by atoms with Gasteiger partial charge in [0, 0.05) is 28.9 Å². The first-order valence-electron chi connectivity index (χ1n) is 11.0. The lowest BCUT2D eigenvalue weighted by Gasteiger charge is -2.32. The number of benzene rings is 1. The van der Waals surface area contributed by atoms with Gasteiger partial charge in [0.15, 0.2) is 5.58 Å². The molecule has 1 N–H and O–H groups in total. The van der Waals surface area contributed by atoms with Crippen molar-refractivity contribution >= 4 is 28.5 Å². The first-order chi connectivity index (χ1) is 14.7. The summed E-state index contributed by atoms with van der Waals surface area (Å²) in [6.45, 7) is 7.70. The van der Waals surface area contributed by atoms with Crippen LogP contribution in [0.4, 0.5) is 6.01 Å². The van der Waals surface area contributed by atoms with E-state index in [1.807, 2.05) is 24.3 Å². The Kier molecular flexibility index (Phi) is 6.71. The molecule has 0 radical (unpaired) electrons. The fourth-order valence-corrected chi connectivity index (χ4v) is 5.53. The summed E-state index contributed by atoms with van der Waals surface area (Å²) < 4.78 is 5.81. The Labute approximate surface area is 182 Å². The molecule has 1 atom stereocenters. The maximum Gasteiger partial charge on any atom is 0.295 e. The minimum atomic E-state index is 0.427. The Morgan fingerprint density at radius 3 is 2.83 bits per heavy atom. The van der Waals surface area contributed by atoms with E-state index in [-0.39, 0.29) is 0 Å². The van der Waals surface area contributed by atoms with Crippen molar-refractivity contribution in [3.8, 4) is 6.07 Å². The van der Waals surface area contributed by atoms with Crippen LogP contribution in [0.3, 0.4) is 0 Å². The van der Waals surface area contributed by atoms with Gasteiger partial charge in [0.1, 0.15) is 11.6 Å². The standard InChI is InChI=1S/C24H30N4OS/c1-3-18(23-15-19(16-25)17(2)30-23)7-6-12-28-13-10-20(11-14-28)26-24-27-21-8-4-5-9-22(21)29-24/h4-5,8-9,15,18,20H,3,6-7,10-14H2,1-2H3,(H,26,27). The van der Waals surface area contributed by atoms with Gasteiger partial charge in [-0.25, -0.2) is 0 Å². The van der Waals surface area contributed by atoms with Crippen LogP contribution in [-0.2, 0) is 0 Å². The normalized spacial score (nSPS) is 16.6. The average molecular weight is 423 g/mol. The molecule has 3 aromatic rings. The van der Waals surface area contributed by atoms with Crippen molar-refractivity contribution in [2.45, 2.75) is 57.9 Å². The molecule has 1 aromatic carbocycles. The number of oxazole rings is 1. The van der Waals surface area contributed by atoms with Gasteiger partial charge in [0.2, 0.25) is 0 Å². The maximum atomic E-state index is 9.22. The largest absolute Gasteiger partial charge is 0.424 e. The highest BCUT2D eigenvalue weighted by molar-refractivity contribution is 7.12. The molecule has 5 nitrogen and oxygen atoms in total. The van der Waals surface area contributed by atoms with Crippen molar-refractivity contribution < 1.29 is 4.42 Å². The molecular formula is C24H30N4OS. The molecule has 0 amide bonds. The molecule has 1 fully saturated rings. The van der Waals surface area contributed by atoms with Crippen molar-refractivity contribution in [2.24, 2.45) is 0 Å². The quantitative estimate of drug-likeness (QED) is 0.488. The molecule has 3 heterocycles. The molecule has 1 unspecified atom stereocenters. The fraction of sp³-hybridized carbons (Fsp3) is 0.500. The number of hydrogen-bond acceptors (Lipinski definition) is 6. The zero-order chi connectivity index (χ0) is 20.9. The number of nitrogens with zero attached hydrogens (tertiary/aromatic N) is 3. The van der Waals surface area contributed by atoms with E-state index in [1.165, 1.54) is 17.7 Å². The second-order valence-electron chi connectivity index (χ2n) is 8.22. The topological polar surface area (TPSA) is 65.1 Å². The number of para-hydroxylation sites is 2. The Morgan fingerprint density at radius 1 is 1.33 bits per heavy atom. The molecule has 0 saturated carbocycles. The zero-order valence-corrected chi connectivity index (χ0v) is 18.7. The lowest BCUT2D eigenvalue weighted by molar-refractivity contribution is 0.212. The smallest absolute Gasteiger partial charge is 0.295 e. The first-order valence-corrected chi connectivity index (χ1v) is 11.8. The number of hydrogen-bond donors (Lipinski definition) is 1. The number of nitrogens with one attached hydrogen (secondary N) is 1. The third kappa shape index (κ3) is 4.85. The van der Waals surface area contributed by atoms with Gasteiger partial charge < -0.3 is 14.6 Å². The van der Waals surface area contributed by atoms with E-state index in [9.17, 15) is 5.26 Å². The van der Waals surface area contributed by atoms with Crippen molar-refractivity contribution in [1.29, 1.82) is 5.26 Å². The van der Waals surface area contributed by atoms with Gasteiger partial charge in [-0.05, 0) is 69.7 Å². The van der Waals surface area contributed by atoms with Crippen LogP contribution < -0.4 is 5.32 Å². The predicted molar refractivity (Wildman–Crippen MR) is 123 cm³/mol. The summed E-state index contributed by atoms with van der Waals surface area (Å²) >= 11 is 1.80. The summed E-state index contributed by atoms with van der Waals surface area (Å²) in [5, 5.41) is 12.7. The van der Waals surface area contributed by atoms with Crippen molar-refractivity contribution in [2.75, 3.05) is 25.0 Å². The van der Waals surface area contributed by atoms with Crippen LogP contribution in [0.15, 0.2) is 34.7 Å². The highest BCUT2D eigenvalue weighted by atomic mass is 32.1. The van der Waals surface area contributed by atoms with E-state index < -0.39 is 0 Å². The summed E-state index contributed by atoms with van der Waals surface area (Å²) in [7, 11) is 0. The van der Waals surface area contributed by atoms with Crippen molar-refractivity contribution in [1.82, 2.24) is 9.88 Å². The lowest BCUT2D eigenvalue weighted by Crippen LogP contribution is -2.39. The Balaban J connectivity index is 1.21. The van der Waals surface area contributed by atoms with Gasteiger partial charge in [-0.3, -0.25) is 0 Å². The minimum absolute atomic E-state index is 0.427. The maximum absolute atomic E-state index is 9.22. The lowest BCUT2D eigenvalue weighted by atomic mass is 9.97. The number of aryl methyl sites for hydroxylation is 1. The second kappa shape index (κ2) is 9.63.